The fraction of sp³-hybridized carbons (Fsp3) is 0.333. The maximum absolute atomic E-state index is 12.7. The molecule has 1 aromatic heterocycles. The number of sulfonamides is 1. The molecule has 0 aliphatic heterocycles. The van der Waals surface area contributed by atoms with Gasteiger partial charge >= 0.3 is 0 Å². The van der Waals surface area contributed by atoms with E-state index in [0.29, 0.717) is 11.6 Å². The van der Waals surface area contributed by atoms with Crippen LogP contribution in [0.4, 0.5) is 5.69 Å². The van der Waals surface area contributed by atoms with Crippen LogP contribution in [0.1, 0.15) is 37.2 Å². The second-order valence-electron chi connectivity index (χ2n) is 7.17. The second-order valence-corrected chi connectivity index (χ2v) is 8.85. The molecule has 0 radical (unpaired) electrons. The van der Waals surface area contributed by atoms with Crippen LogP contribution in [0, 0.1) is 5.92 Å². The van der Waals surface area contributed by atoms with Gasteiger partial charge in [-0.25, -0.2) is 8.42 Å². The summed E-state index contributed by atoms with van der Waals surface area (Å²) in [6.07, 6.45) is 3.96. The Hall–Kier alpha value is -2.27. The van der Waals surface area contributed by atoms with Crippen LogP contribution in [0.25, 0.3) is 11.0 Å². The minimum Gasteiger partial charge on any atom is -0.461 e. The summed E-state index contributed by atoms with van der Waals surface area (Å²) < 4.78 is 34.0. The van der Waals surface area contributed by atoms with E-state index in [1.807, 2.05) is 31.2 Å². The van der Waals surface area contributed by atoms with E-state index in [1.165, 1.54) is 5.56 Å². The van der Waals surface area contributed by atoms with Gasteiger partial charge in [0.05, 0.1) is 4.90 Å². The van der Waals surface area contributed by atoms with Crippen LogP contribution in [-0.4, -0.2) is 8.42 Å². The van der Waals surface area contributed by atoms with Crippen molar-refractivity contribution in [2.45, 2.75) is 44.4 Å². The summed E-state index contributed by atoms with van der Waals surface area (Å²) in [5.41, 5.74) is 3.75. The molecule has 0 spiro atoms. The van der Waals surface area contributed by atoms with E-state index in [-0.39, 0.29) is 4.90 Å². The second kappa shape index (κ2) is 6.47. The zero-order chi connectivity index (χ0) is 18.3. The van der Waals surface area contributed by atoms with Gasteiger partial charge in [-0.15, -0.1) is 0 Å². The van der Waals surface area contributed by atoms with Crippen LogP contribution < -0.4 is 4.72 Å². The number of hydrogen-bond acceptors (Lipinski definition) is 3. The Balaban J connectivity index is 1.67. The number of nitrogens with one attached hydrogen (secondary N) is 1. The Morgan fingerprint density at radius 1 is 1.15 bits per heavy atom. The molecular weight excluding hydrogens is 346 g/mol. The first kappa shape index (κ1) is 17.2. The molecule has 3 aromatic rings. The van der Waals surface area contributed by atoms with Gasteiger partial charge in [0.2, 0.25) is 0 Å². The molecule has 1 aliphatic rings. The van der Waals surface area contributed by atoms with E-state index in [0.717, 1.165) is 48.0 Å². The standard InChI is InChI=1S/C21H23NO3S/c1-3-15-5-8-17(9-6-15)26(23,24)22-16-7-11-21-19(13-16)18-12-14(2)4-10-20(18)25-21/h5-9,11,13-14,22H,3-4,10,12H2,1-2H3/t14-/m1/s1. The monoisotopic (exact) mass is 369 g/mol. The van der Waals surface area contributed by atoms with Gasteiger partial charge in [0, 0.05) is 23.1 Å². The van der Waals surface area contributed by atoms with Crippen molar-refractivity contribution < 1.29 is 12.8 Å². The Morgan fingerprint density at radius 2 is 1.92 bits per heavy atom. The van der Waals surface area contributed by atoms with Crippen LogP contribution in [0.5, 0.6) is 0 Å². The maximum Gasteiger partial charge on any atom is 0.261 e. The fourth-order valence-electron chi connectivity index (χ4n) is 3.63. The molecular formula is C21H23NO3S. The van der Waals surface area contributed by atoms with Gasteiger partial charge in [-0.05, 0) is 61.1 Å². The lowest BCUT2D eigenvalue weighted by molar-refractivity contribution is 0.438. The average molecular weight is 369 g/mol. The lowest BCUT2D eigenvalue weighted by Gasteiger charge is -2.16. The highest BCUT2D eigenvalue weighted by molar-refractivity contribution is 7.92. The quantitative estimate of drug-likeness (QED) is 0.710. The summed E-state index contributed by atoms with van der Waals surface area (Å²) in [5, 5.41) is 1.02. The van der Waals surface area contributed by atoms with Crippen LogP contribution in [0.15, 0.2) is 51.8 Å². The zero-order valence-corrected chi connectivity index (χ0v) is 15.9. The predicted octanol–water partition coefficient (Wildman–Crippen LogP) is 4.92. The molecule has 1 aliphatic carbocycles. The number of hydrogen-bond donors (Lipinski definition) is 1. The van der Waals surface area contributed by atoms with E-state index in [2.05, 4.69) is 11.6 Å². The van der Waals surface area contributed by atoms with Gasteiger partial charge in [-0.3, -0.25) is 4.72 Å². The van der Waals surface area contributed by atoms with Crippen molar-refractivity contribution >= 4 is 26.7 Å². The van der Waals surface area contributed by atoms with E-state index in [4.69, 9.17) is 4.42 Å². The van der Waals surface area contributed by atoms with Crippen molar-refractivity contribution in [2.75, 3.05) is 4.72 Å². The molecule has 0 bridgehead atoms. The van der Waals surface area contributed by atoms with E-state index >= 15 is 0 Å². The van der Waals surface area contributed by atoms with Crippen molar-refractivity contribution in [1.82, 2.24) is 0 Å². The number of aryl methyl sites for hydroxylation is 2. The summed E-state index contributed by atoms with van der Waals surface area (Å²) in [5.74, 6) is 1.67. The highest BCUT2D eigenvalue weighted by Crippen LogP contribution is 2.35. The Morgan fingerprint density at radius 3 is 2.65 bits per heavy atom. The molecule has 0 fully saturated rings. The SMILES string of the molecule is CCc1ccc(S(=O)(=O)Nc2ccc3oc4c(c3c2)C[C@H](C)CC4)cc1. The minimum absolute atomic E-state index is 0.276. The molecule has 4 rings (SSSR count). The van der Waals surface area contributed by atoms with Gasteiger partial charge in [-0.2, -0.15) is 0 Å². The fourth-order valence-corrected chi connectivity index (χ4v) is 4.68. The van der Waals surface area contributed by atoms with E-state index in [1.54, 1.807) is 18.2 Å². The first-order valence-electron chi connectivity index (χ1n) is 9.12. The van der Waals surface area contributed by atoms with Gasteiger partial charge < -0.3 is 4.42 Å². The zero-order valence-electron chi connectivity index (χ0n) is 15.1. The molecule has 136 valence electrons. The molecule has 1 atom stereocenters. The minimum atomic E-state index is -3.60. The van der Waals surface area contributed by atoms with E-state index in [9.17, 15) is 8.42 Å². The molecule has 1 heterocycles. The number of rotatable bonds is 4. The molecule has 0 saturated carbocycles. The third kappa shape index (κ3) is 3.12. The van der Waals surface area contributed by atoms with E-state index < -0.39 is 10.0 Å². The number of anilines is 1. The third-order valence-electron chi connectivity index (χ3n) is 5.19. The van der Waals surface area contributed by atoms with Gasteiger partial charge in [0.25, 0.3) is 10.0 Å². The van der Waals surface area contributed by atoms with Gasteiger partial charge in [0.15, 0.2) is 0 Å². The van der Waals surface area contributed by atoms with Crippen molar-refractivity contribution in [3.8, 4) is 0 Å². The van der Waals surface area contributed by atoms with Crippen molar-refractivity contribution in [1.29, 1.82) is 0 Å². The molecule has 0 amide bonds. The normalized spacial score (nSPS) is 17.2. The Labute approximate surface area is 154 Å². The van der Waals surface area contributed by atoms with Crippen LogP contribution in [0.3, 0.4) is 0 Å². The molecule has 26 heavy (non-hydrogen) atoms. The average Bonchev–Trinajstić information content (AvgIpc) is 2.99. The highest BCUT2D eigenvalue weighted by atomic mass is 32.2. The predicted molar refractivity (Wildman–Crippen MR) is 104 cm³/mol. The first-order valence-corrected chi connectivity index (χ1v) is 10.6. The van der Waals surface area contributed by atoms with Gasteiger partial charge in [-0.1, -0.05) is 26.0 Å². The van der Waals surface area contributed by atoms with Crippen LogP contribution >= 0.6 is 0 Å². The molecule has 1 N–H and O–H groups in total. The molecule has 2 aromatic carbocycles. The molecule has 0 unspecified atom stereocenters. The summed E-state index contributed by atoms with van der Waals surface area (Å²) in [6.45, 7) is 4.29. The largest absolute Gasteiger partial charge is 0.461 e. The van der Waals surface area contributed by atoms with Crippen molar-refractivity contribution in [3.63, 3.8) is 0 Å². The summed E-state index contributed by atoms with van der Waals surface area (Å²) in [4.78, 5) is 0.276. The maximum atomic E-state index is 12.7. The molecule has 0 saturated heterocycles. The lowest BCUT2D eigenvalue weighted by atomic mass is 9.88. The highest BCUT2D eigenvalue weighted by Gasteiger charge is 2.22. The first-order chi connectivity index (χ1) is 12.5. The third-order valence-corrected chi connectivity index (χ3v) is 6.58. The molecule has 5 heteroatoms. The van der Waals surface area contributed by atoms with Crippen LogP contribution in [0.2, 0.25) is 0 Å². The topological polar surface area (TPSA) is 59.3 Å². The summed E-state index contributed by atoms with van der Waals surface area (Å²) >= 11 is 0. The van der Waals surface area contributed by atoms with Gasteiger partial charge in [0.1, 0.15) is 11.3 Å². The van der Waals surface area contributed by atoms with Crippen molar-refractivity contribution in [2.24, 2.45) is 5.92 Å². The number of benzene rings is 2. The summed E-state index contributed by atoms with van der Waals surface area (Å²) in [7, 11) is -3.60. The molecule has 4 nitrogen and oxygen atoms in total. The Bertz CT molecular complexity index is 1050. The van der Waals surface area contributed by atoms with Crippen molar-refractivity contribution in [3.05, 3.63) is 59.4 Å². The summed E-state index contributed by atoms with van der Waals surface area (Å²) in [6, 6.07) is 12.5. The van der Waals surface area contributed by atoms with Crippen LogP contribution in [-0.2, 0) is 29.3 Å². The number of fused-ring (bicyclic) bond motifs is 3. The Kier molecular flexibility index (Phi) is 4.27. The smallest absolute Gasteiger partial charge is 0.261 e. The number of furan rings is 1. The lowest BCUT2D eigenvalue weighted by Crippen LogP contribution is -2.13.